The maximum atomic E-state index is 12.5. The lowest BCUT2D eigenvalue weighted by atomic mass is 10.1. The van der Waals surface area contributed by atoms with E-state index in [1.807, 2.05) is 29.2 Å². The van der Waals surface area contributed by atoms with Crippen LogP contribution in [0.2, 0.25) is 0 Å². The van der Waals surface area contributed by atoms with Crippen molar-refractivity contribution in [1.82, 2.24) is 9.80 Å². The number of piperazine rings is 1. The van der Waals surface area contributed by atoms with E-state index in [-0.39, 0.29) is 5.91 Å². The molecule has 0 radical (unpaired) electrons. The van der Waals surface area contributed by atoms with E-state index >= 15 is 0 Å². The molecule has 2 aromatic rings. The number of hydrogen-bond donors (Lipinski definition) is 0. The van der Waals surface area contributed by atoms with Gasteiger partial charge in [0.2, 0.25) is 5.91 Å². The summed E-state index contributed by atoms with van der Waals surface area (Å²) in [4.78, 5) is 16.9. The van der Waals surface area contributed by atoms with Crippen LogP contribution in [0.4, 0.5) is 0 Å². The average Bonchev–Trinajstić information content (AvgIpc) is 2.73. The zero-order chi connectivity index (χ0) is 19.1. The number of carbonyl (C=O) groups is 1. The molecule has 0 N–H and O–H groups in total. The predicted octanol–water partition coefficient (Wildman–Crippen LogP) is 3.40. The molecule has 0 aromatic heterocycles. The molecule has 0 bridgehead atoms. The first-order chi connectivity index (χ1) is 13.2. The fraction of sp³-hybridized carbons (Fsp3) is 0.391. The maximum Gasteiger partial charge on any atom is 0.222 e. The van der Waals surface area contributed by atoms with E-state index < -0.39 is 0 Å². The molecule has 1 aliphatic heterocycles. The summed E-state index contributed by atoms with van der Waals surface area (Å²) in [6, 6.07) is 18.5. The van der Waals surface area contributed by atoms with Crippen molar-refractivity contribution >= 4 is 5.91 Å². The molecule has 1 amide bonds. The van der Waals surface area contributed by atoms with E-state index in [1.165, 1.54) is 16.7 Å². The highest BCUT2D eigenvalue weighted by Gasteiger charge is 2.20. The van der Waals surface area contributed by atoms with Gasteiger partial charge in [-0.3, -0.25) is 9.69 Å². The number of aryl methyl sites for hydroxylation is 2. The maximum absolute atomic E-state index is 12.5. The molecular weight excluding hydrogens is 334 g/mol. The van der Waals surface area contributed by atoms with Crippen LogP contribution in [0.25, 0.3) is 0 Å². The van der Waals surface area contributed by atoms with Crippen molar-refractivity contribution in [3.63, 3.8) is 0 Å². The molecule has 0 spiro atoms. The minimum Gasteiger partial charge on any atom is -0.340 e. The van der Waals surface area contributed by atoms with Gasteiger partial charge in [-0.05, 0) is 41.7 Å². The molecule has 0 aliphatic carbocycles. The summed E-state index contributed by atoms with van der Waals surface area (Å²) in [5, 5.41) is 8.87. The second-order valence-electron chi connectivity index (χ2n) is 7.14. The van der Waals surface area contributed by atoms with Crippen molar-refractivity contribution in [2.75, 3.05) is 26.2 Å². The lowest BCUT2D eigenvalue weighted by molar-refractivity contribution is -0.133. The van der Waals surface area contributed by atoms with Crippen molar-refractivity contribution in [3.05, 3.63) is 70.8 Å². The Morgan fingerprint density at radius 3 is 2.11 bits per heavy atom. The zero-order valence-corrected chi connectivity index (χ0v) is 16.0. The second-order valence-corrected chi connectivity index (χ2v) is 7.14. The number of nitrogens with zero attached hydrogens (tertiary/aromatic N) is 3. The van der Waals surface area contributed by atoms with E-state index in [4.69, 9.17) is 5.26 Å². The summed E-state index contributed by atoms with van der Waals surface area (Å²) in [5.41, 5.74) is 4.48. The summed E-state index contributed by atoms with van der Waals surface area (Å²) >= 11 is 0. The molecule has 0 unspecified atom stereocenters. The smallest absolute Gasteiger partial charge is 0.222 e. The van der Waals surface area contributed by atoms with Gasteiger partial charge < -0.3 is 4.90 Å². The first kappa shape index (κ1) is 19.1. The Balaban J connectivity index is 1.42. The first-order valence-corrected chi connectivity index (χ1v) is 9.75. The number of hydrogen-bond acceptors (Lipinski definition) is 3. The molecule has 4 nitrogen and oxygen atoms in total. The molecule has 140 valence electrons. The van der Waals surface area contributed by atoms with Gasteiger partial charge in [-0.2, -0.15) is 5.26 Å². The van der Waals surface area contributed by atoms with E-state index in [2.05, 4.69) is 42.2 Å². The van der Waals surface area contributed by atoms with Crippen molar-refractivity contribution < 1.29 is 4.79 Å². The zero-order valence-electron chi connectivity index (χ0n) is 16.0. The molecule has 3 rings (SSSR count). The minimum atomic E-state index is 0.257. The van der Waals surface area contributed by atoms with Crippen LogP contribution >= 0.6 is 0 Å². The Bertz CT molecular complexity index is 782. The molecule has 1 saturated heterocycles. The molecule has 4 heteroatoms. The predicted molar refractivity (Wildman–Crippen MR) is 107 cm³/mol. The number of benzene rings is 2. The van der Waals surface area contributed by atoms with Crippen LogP contribution < -0.4 is 0 Å². The average molecular weight is 361 g/mol. The SMILES string of the molecule is CCc1ccc(CCC(=O)N2CCN(Cc3ccc(C#N)cc3)CC2)cc1. The number of carbonyl (C=O) groups excluding carboxylic acids is 1. The largest absolute Gasteiger partial charge is 0.340 e. The van der Waals surface area contributed by atoms with Crippen LogP contribution in [-0.2, 0) is 24.2 Å². The van der Waals surface area contributed by atoms with Crippen LogP contribution in [0.5, 0.6) is 0 Å². The molecule has 1 heterocycles. The van der Waals surface area contributed by atoms with Crippen LogP contribution in [-0.4, -0.2) is 41.9 Å². The third-order valence-electron chi connectivity index (χ3n) is 5.27. The van der Waals surface area contributed by atoms with Gasteiger partial charge in [-0.1, -0.05) is 43.3 Å². The van der Waals surface area contributed by atoms with Gasteiger partial charge in [-0.15, -0.1) is 0 Å². The Kier molecular flexibility index (Phi) is 6.62. The van der Waals surface area contributed by atoms with Crippen LogP contribution in [0.1, 0.15) is 35.6 Å². The van der Waals surface area contributed by atoms with Gasteiger partial charge in [-0.25, -0.2) is 0 Å². The topological polar surface area (TPSA) is 47.3 Å². The van der Waals surface area contributed by atoms with Gasteiger partial charge in [0.05, 0.1) is 11.6 Å². The molecule has 1 aliphatic rings. The highest BCUT2D eigenvalue weighted by molar-refractivity contribution is 5.76. The quantitative estimate of drug-likeness (QED) is 0.792. The fourth-order valence-electron chi connectivity index (χ4n) is 3.45. The third-order valence-corrected chi connectivity index (χ3v) is 5.27. The van der Waals surface area contributed by atoms with Crippen molar-refractivity contribution in [3.8, 4) is 6.07 Å². The third kappa shape index (κ3) is 5.42. The van der Waals surface area contributed by atoms with Gasteiger partial charge in [0.25, 0.3) is 0 Å². The Labute approximate surface area is 162 Å². The van der Waals surface area contributed by atoms with Gasteiger partial charge in [0.15, 0.2) is 0 Å². The molecule has 0 atom stereocenters. The monoisotopic (exact) mass is 361 g/mol. The van der Waals surface area contributed by atoms with E-state index in [0.717, 1.165) is 45.6 Å². The lowest BCUT2D eigenvalue weighted by Gasteiger charge is -2.34. The highest BCUT2D eigenvalue weighted by atomic mass is 16.2. The summed E-state index contributed by atoms with van der Waals surface area (Å²) in [6.07, 6.45) is 2.45. The lowest BCUT2D eigenvalue weighted by Crippen LogP contribution is -2.48. The van der Waals surface area contributed by atoms with Crippen LogP contribution in [0.15, 0.2) is 48.5 Å². The molecule has 1 fully saturated rings. The molecule has 27 heavy (non-hydrogen) atoms. The van der Waals surface area contributed by atoms with Crippen molar-refractivity contribution in [2.24, 2.45) is 0 Å². The van der Waals surface area contributed by atoms with E-state index in [1.54, 1.807) is 0 Å². The van der Waals surface area contributed by atoms with E-state index in [0.29, 0.717) is 12.0 Å². The van der Waals surface area contributed by atoms with Crippen molar-refractivity contribution in [2.45, 2.75) is 32.7 Å². The van der Waals surface area contributed by atoms with Crippen LogP contribution in [0.3, 0.4) is 0 Å². The number of rotatable bonds is 6. The minimum absolute atomic E-state index is 0.257. The number of amides is 1. The van der Waals surface area contributed by atoms with Crippen molar-refractivity contribution in [1.29, 1.82) is 5.26 Å². The standard InChI is InChI=1S/C23H27N3O/c1-2-19-3-5-20(6-4-19)11-12-23(27)26-15-13-25(14-16-26)18-22-9-7-21(17-24)8-10-22/h3-10H,2,11-16,18H2,1H3. The Morgan fingerprint density at radius 1 is 0.926 bits per heavy atom. The summed E-state index contributed by atoms with van der Waals surface area (Å²) in [7, 11) is 0. The molecular formula is C23H27N3O. The summed E-state index contributed by atoms with van der Waals surface area (Å²) < 4.78 is 0. The van der Waals surface area contributed by atoms with Gasteiger partial charge in [0.1, 0.15) is 0 Å². The Hall–Kier alpha value is -2.64. The second kappa shape index (κ2) is 9.34. The first-order valence-electron chi connectivity index (χ1n) is 9.75. The summed E-state index contributed by atoms with van der Waals surface area (Å²) in [5.74, 6) is 0.257. The van der Waals surface area contributed by atoms with Gasteiger partial charge in [0, 0.05) is 39.1 Å². The molecule has 0 saturated carbocycles. The summed E-state index contributed by atoms with van der Waals surface area (Å²) in [6.45, 7) is 6.42. The Morgan fingerprint density at radius 2 is 1.52 bits per heavy atom. The normalized spacial score (nSPS) is 14.7. The van der Waals surface area contributed by atoms with Crippen LogP contribution in [0, 0.1) is 11.3 Å². The van der Waals surface area contributed by atoms with E-state index in [9.17, 15) is 4.79 Å². The highest BCUT2D eigenvalue weighted by Crippen LogP contribution is 2.12. The fourth-order valence-corrected chi connectivity index (χ4v) is 3.45. The molecule has 2 aromatic carbocycles. The number of nitriles is 1. The van der Waals surface area contributed by atoms with Gasteiger partial charge >= 0.3 is 0 Å².